The summed E-state index contributed by atoms with van der Waals surface area (Å²) in [6.07, 6.45) is 0.202. The molecule has 7 heteroatoms. The van der Waals surface area contributed by atoms with E-state index in [0.29, 0.717) is 19.8 Å². The second-order valence-corrected chi connectivity index (χ2v) is 3.64. The van der Waals surface area contributed by atoms with Crippen LogP contribution in [0.25, 0.3) is 0 Å². The summed E-state index contributed by atoms with van der Waals surface area (Å²) >= 11 is -2.49. The van der Waals surface area contributed by atoms with Crippen molar-refractivity contribution in [2.75, 3.05) is 32.8 Å². The summed E-state index contributed by atoms with van der Waals surface area (Å²) in [6, 6.07) is 0. The van der Waals surface area contributed by atoms with Crippen molar-refractivity contribution in [2.24, 2.45) is 0 Å². The fraction of sp³-hybridized carbons (Fsp3) is 0.857. The number of morpholine rings is 1. The molecule has 0 saturated carbocycles. The molecule has 1 N–H and O–H groups in total. The lowest BCUT2D eigenvalue weighted by Crippen LogP contribution is -2.38. The first kappa shape index (κ1) is 11.6. The van der Waals surface area contributed by atoms with E-state index in [2.05, 4.69) is 4.90 Å². The van der Waals surface area contributed by atoms with Crippen molar-refractivity contribution < 1.29 is 18.3 Å². The third-order valence-corrected chi connectivity index (χ3v) is 2.35. The Hall–Kier alpha value is -0.500. The Morgan fingerprint density at radius 1 is 1.50 bits per heavy atom. The maximum atomic E-state index is 10.9. The smallest absolute Gasteiger partial charge is 0.232 e. The van der Waals surface area contributed by atoms with E-state index in [0.717, 1.165) is 13.1 Å². The molecular formula is C7H13N2O4S-. The fourth-order valence-corrected chi connectivity index (χ4v) is 1.52. The highest BCUT2D eigenvalue weighted by Gasteiger charge is 2.11. The molecule has 0 radical (unpaired) electrons. The Morgan fingerprint density at radius 3 is 2.71 bits per heavy atom. The zero-order valence-corrected chi connectivity index (χ0v) is 8.55. The molecule has 82 valence electrons. The standard InChI is InChI=1S/C7H14N2O4S/c10-7(8-14(11)12)1-2-9-3-5-13-6-4-9/h1-6H2,(H,8,10)(H,11,12)/p-1. The van der Waals surface area contributed by atoms with Gasteiger partial charge in [-0.15, -0.1) is 0 Å². The number of rotatable bonds is 4. The molecular weight excluding hydrogens is 208 g/mol. The van der Waals surface area contributed by atoms with Gasteiger partial charge in [-0.05, 0) is 0 Å². The molecule has 14 heavy (non-hydrogen) atoms. The predicted molar refractivity (Wildman–Crippen MR) is 48.9 cm³/mol. The van der Waals surface area contributed by atoms with Gasteiger partial charge in [-0.3, -0.25) is 18.6 Å². The van der Waals surface area contributed by atoms with E-state index in [1.807, 2.05) is 0 Å². The lowest BCUT2D eigenvalue weighted by molar-refractivity contribution is -0.119. The van der Waals surface area contributed by atoms with Gasteiger partial charge in [-0.25, -0.2) is 0 Å². The minimum absolute atomic E-state index is 0.202. The van der Waals surface area contributed by atoms with Crippen molar-refractivity contribution in [3.05, 3.63) is 0 Å². The van der Waals surface area contributed by atoms with Gasteiger partial charge in [0.25, 0.3) is 0 Å². The average molecular weight is 221 g/mol. The van der Waals surface area contributed by atoms with Gasteiger partial charge in [-0.2, -0.15) is 0 Å². The first-order valence-electron chi connectivity index (χ1n) is 4.37. The second kappa shape index (κ2) is 6.07. The van der Waals surface area contributed by atoms with Gasteiger partial charge in [0.1, 0.15) is 0 Å². The average Bonchev–Trinajstić information content (AvgIpc) is 2.15. The third-order valence-electron chi connectivity index (χ3n) is 1.96. The monoisotopic (exact) mass is 221 g/mol. The van der Waals surface area contributed by atoms with Crippen LogP contribution in [-0.2, 0) is 20.8 Å². The molecule has 1 fully saturated rings. The van der Waals surface area contributed by atoms with Crippen LogP contribution < -0.4 is 4.72 Å². The fourth-order valence-electron chi connectivity index (χ4n) is 1.23. The predicted octanol–water partition coefficient (Wildman–Crippen LogP) is -1.38. The van der Waals surface area contributed by atoms with Crippen LogP contribution in [0.5, 0.6) is 0 Å². The maximum Gasteiger partial charge on any atom is 0.232 e. The number of hydrogen-bond acceptors (Lipinski definition) is 5. The minimum atomic E-state index is -2.49. The number of carbonyl (C=O) groups is 1. The number of nitrogens with zero attached hydrogens (tertiary/aromatic N) is 1. The molecule has 0 aromatic rings. The largest absolute Gasteiger partial charge is 0.755 e. The number of carbonyl (C=O) groups excluding carboxylic acids is 1. The maximum absolute atomic E-state index is 10.9. The van der Waals surface area contributed by atoms with E-state index in [1.54, 1.807) is 4.72 Å². The molecule has 1 atom stereocenters. The van der Waals surface area contributed by atoms with E-state index < -0.39 is 17.2 Å². The zero-order chi connectivity index (χ0) is 10.4. The summed E-state index contributed by atoms with van der Waals surface area (Å²) in [5.41, 5.74) is 0. The van der Waals surface area contributed by atoms with Crippen LogP contribution >= 0.6 is 0 Å². The molecule has 0 aromatic carbocycles. The van der Waals surface area contributed by atoms with Gasteiger partial charge >= 0.3 is 0 Å². The molecule has 0 bridgehead atoms. The highest BCUT2D eigenvalue weighted by Crippen LogP contribution is 1.97. The van der Waals surface area contributed by atoms with Crippen LogP contribution in [-0.4, -0.2) is 52.4 Å². The molecule has 1 aliphatic rings. The van der Waals surface area contributed by atoms with Gasteiger partial charge in [0, 0.05) is 37.3 Å². The SMILES string of the molecule is O=C(CCN1CCOCC1)NS(=O)[O-]. The Kier molecular flexibility index (Phi) is 5.02. The van der Waals surface area contributed by atoms with E-state index in [1.165, 1.54) is 0 Å². The Bertz CT molecular complexity index is 218. The summed E-state index contributed by atoms with van der Waals surface area (Å²) in [6.45, 7) is 3.53. The molecule has 1 heterocycles. The van der Waals surface area contributed by atoms with Crippen LogP contribution in [0, 0.1) is 0 Å². The van der Waals surface area contributed by atoms with Gasteiger partial charge in [-0.1, -0.05) is 0 Å². The molecule has 1 rings (SSSR count). The Morgan fingerprint density at radius 2 is 2.14 bits per heavy atom. The molecule has 1 saturated heterocycles. The highest BCUT2D eigenvalue weighted by atomic mass is 32.2. The van der Waals surface area contributed by atoms with Crippen molar-refractivity contribution >= 4 is 17.2 Å². The quantitative estimate of drug-likeness (QED) is 0.592. The van der Waals surface area contributed by atoms with Crippen molar-refractivity contribution in [1.29, 1.82) is 0 Å². The lowest BCUT2D eigenvalue weighted by Gasteiger charge is -2.26. The first-order valence-corrected chi connectivity index (χ1v) is 5.45. The van der Waals surface area contributed by atoms with Gasteiger partial charge in [0.05, 0.1) is 13.2 Å². The van der Waals surface area contributed by atoms with E-state index in [9.17, 15) is 13.6 Å². The van der Waals surface area contributed by atoms with Gasteiger partial charge in [0.15, 0.2) is 0 Å². The lowest BCUT2D eigenvalue weighted by atomic mass is 10.3. The topological polar surface area (TPSA) is 81.7 Å². The number of ether oxygens (including phenoxy) is 1. The molecule has 1 unspecified atom stereocenters. The Labute approximate surface area is 85.0 Å². The van der Waals surface area contributed by atoms with Gasteiger partial charge < -0.3 is 9.29 Å². The van der Waals surface area contributed by atoms with Crippen LogP contribution in [0.3, 0.4) is 0 Å². The molecule has 0 aromatic heterocycles. The second-order valence-electron chi connectivity index (χ2n) is 2.96. The first-order chi connectivity index (χ1) is 6.68. The van der Waals surface area contributed by atoms with Crippen molar-refractivity contribution in [3.8, 4) is 0 Å². The van der Waals surface area contributed by atoms with Crippen molar-refractivity contribution in [1.82, 2.24) is 9.62 Å². The summed E-state index contributed by atoms with van der Waals surface area (Å²) in [7, 11) is 0. The van der Waals surface area contributed by atoms with Crippen molar-refractivity contribution in [2.45, 2.75) is 6.42 Å². The highest BCUT2D eigenvalue weighted by molar-refractivity contribution is 7.77. The third kappa shape index (κ3) is 4.66. The van der Waals surface area contributed by atoms with Crippen molar-refractivity contribution in [3.63, 3.8) is 0 Å². The normalized spacial score (nSPS) is 20.4. The molecule has 0 aliphatic carbocycles. The van der Waals surface area contributed by atoms with E-state index in [-0.39, 0.29) is 6.42 Å². The zero-order valence-electron chi connectivity index (χ0n) is 7.73. The number of amides is 1. The summed E-state index contributed by atoms with van der Waals surface area (Å²) < 4.78 is 27.1. The van der Waals surface area contributed by atoms with Crippen LogP contribution in [0.1, 0.15) is 6.42 Å². The number of nitrogens with one attached hydrogen (secondary N) is 1. The van der Waals surface area contributed by atoms with E-state index in [4.69, 9.17) is 4.74 Å². The minimum Gasteiger partial charge on any atom is -0.755 e. The molecule has 0 spiro atoms. The van der Waals surface area contributed by atoms with Gasteiger partial charge in [0.2, 0.25) is 5.91 Å². The summed E-state index contributed by atoms with van der Waals surface area (Å²) in [4.78, 5) is 13.0. The summed E-state index contributed by atoms with van der Waals surface area (Å²) in [5.74, 6) is -0.468. The van der Waals surface area contributed by atoms with E-state index >= 15 is 0 Å². The molecule has 6 nitrogen and oxygen atoms in total. The molecule has 1 amide bonds. The van der Waals surface area contributed by atoms with Crippen LogP contribution in [0.4, 0.5) is 0 Å². The number of hydrogen-bond donors (Lipinski definition) is 1. The van der Waals surface area contributed by atoms with Crippen LogP contribution in [0.2, 0.25) is 0 Å². The Balaban J connectivity index is 2.12. The molecule has 1 aliphatic heterocycles. The summed E-state index contributed by atoms with van der Waals surface area (Å²) in [5, 5.41) is 0. The van der Waals surface area contributed by atoms with Crippen LogP contribution in [0.15, 0.2) is 0 Å².